The van der Waals surface area contributed by atoms with Gasteiger partial charge in [-0.25, -0.2) is 4.79 Å². The number of carbonyl (C=O) groups is 1. The number of hydrogen-bond donors (Lipinski definition) is 0. The zero-order valence-corrected chi connectivity index (χ0v) is 7.46. The summed E-state index contributed by atoms with van der Waals surface area (Å²) in [5.74, 6) is -0.520. The first-order chi connectivity index (χ1) is 5.76. The molecule has 0 aliphatic rings. The minimum absolute atomic E-state index is 0.110. The van der Waals surface area contributed by atoms with Crippen LogP contribution in [-0.2, 0) is 9.53 Å². The standard InChI is InChI=1S/C9H13NO2/c1-3-5-6-8(7-10)9(11)12-4-2/h6H,3-5H2,1-2H3. The largest absolute Gasteiger partial charge is 0.462 e. The molecule has 0 N–H and O–H groups in total. The van der Waals surface area contributed by atoms with Crippen molar-refractivity contribution in [3.05, 3.63) is 11.6 Å². The van der Waals surface area contributed by atoms with Gasteiger partial charge in [-0.15, -0.1) is 0 Å². The van der Waals surface area contributed by atoms with E-state index in [9.17, 15) is 4.79 Å². The molecule has 0 aromatic heterocycles. The van der Waals surface area contributed by atoms with E-state index in [0.717, 1.165) is 12.8 Å². The molecule has 0 spiro atoms. The van der Waals surface area contributed by atoms with Crippen LogP contribution >= 0.6 is 0 Å². The smallest absolute Gasteiger partial charge is 0.348 e. The van der Waals surface area contributed by atoms with Crippen molar-refractivity contribution in [1.29, 1.82) is 5.26 Å². The summed E-state index contributed by atoms with van der Waals surface area (Å²) in [6, 6.07) is 1.81. The highest BCUT2D eigenvalue weighted by molar-refractivity contribution is 5.92. The highest BCUT2D eigenvalue weighted by Gasteiger charge is 2.07. The Morgan fingerprint density at radius 3 is 2.67 bits per heavy atom. The van der Waals surface area contributed by atoms with Gasteiger partial charge in [0.25, 0.3) is 0 Å². The lowest BCUT2D eigenvalue weighted by atomic mass is 10.2. The summed E-state index contributed by atoms with van der Waals surface area (Å²) in [4.78, 5) is 11.0. The number of ether oxygens (including phenoxy) is 1. The Bertz CT molecular complexity index is 213. The summed E-state index contributed by atoms with van der Waals surface area (Å²) in [7, 11) is 0. The lowest BCUT2D eigenvalue weighted by molar-refractivity contribution is -0.138. The average Bonchev–Trinajstić information content (AvgIpc) is 2.06. The van der Waals surface area contributed by atoms with Crippen LogP contribution in [0.25, 0.3) is 0 Å². The molecule has 3 heteroatoms. The van der Waals surface area contributed by atoms with Crippen LogP contribution in [0.3, 0.4) is 0 Å². The molecule has 0 heterocycles. The maximum Gasteiger partial charge on any atom is 0.348 e. The fourth-order valence-electron chi connectivity index (χ4n) is 0.672. The van der Waals surface area contributed by atoms with E-state index in [1.165, 1.54) is 0 Å². The third kappa shape index (κ3) is 3.77. The Labute approximate surface area is 72.6 Å². The van der Waals surface area contributed by atoms with Gasteiger partial charge >= 0.3 is 5.97 Å². The molecule has 0 rings (SSSR count). The first-order valence-electron chi connectivity index (χ1n) is 4.03. The normalized spacial score (nSPS) is 10.6. The maximum atomic E-state index is 11.0. The van der Waals surface area contributed by atoms with Gasteiger partial charge in [-0.1, -0.05) is 19.4 Å². The van der Waals surface area contributed by atoms with Gasteiger partial charge in [0.05, 0.1) is 6.61 Å². The minimum atomic E-state index is -0.520. The minimum Gasteiger partial charge on any atom is -0.462 e. The predicted octanol–water partition coefficient (Wildman–Crippen LogP) is 1.80. The zero-order chi connectivity index (χ0) is 9.40. The second-order valence-corrected chi connectivity index (χ2v) is 2.24. The summed E-state index contributed by atoms with van der Waals surface area (Å²) in [5, 5.41) is 8.53. The Balaban J connectivity index is 4.16. The molecule has 3 nitrogen and oxygen atoms in total. The third-order valence-electron chi connectivity index (χ3n) is 1.25. The third-order valence-corrected chi connectivity index (χ3v) is 1.25. The molecule has 0 bridgehead atoms. The van der Waals surface area contributed by atoms with Crippen LogP contribution in [0.4, 0.5) is 0 Å². The van der Waals surface area contributed by atoms with Crippen LogP contribution in [-0.4, -0.2) is 12.6 Å². The lowest BCUT2D eigenvalue weighted by Crippen LogP contribution is -2.06. The summed E-state index contributed by atoms with van der Waals surface area (Å²) in [6.45, 7) is 4.01. The summed E-state index contributed by atoms with van der Waals surface area (Å²) in [5.41, 5.74) is 0.110. The van der Waals surface area contributed by atoms with Gasteiger partial charge in [-0.3, -0.25) is 0 Å². The van der Waals surface area contributed by atoms with Gasteiger partial charge in [-0.05, 0) is 13.3 Å². The average molecular weight is 167 g/mol. The van der Waals surface area contributed by atoms with Gasteiger partial charge in [0.15, 0.2) is 0 Å². The second-order valence-electron chi connectivity index (χ2n) is 2.24. The van der Waals surface area contributed by atoms with Crippen molar-refractivity contribution >= 4 is 5.97 Å². The monoisotopic (exact) mass is 167 g/mol. The van der Waals surface area contributed by atoms with Crippen LogP contribution in [0.15, 0.2) is 11.6 Å². The number of allylic oxidation sites excluding steroid dienone is 1. The molecule has 66 valence electrons. The van der Waals surface area contributed by atoms with Crippen molar-refractivity contribution < 1.29 is 9.53 Å². The number of carbonyl (C=O) groups excluding carboxylic acids is 1. The van der Waals surface area contributed by atoms with E-state index in [1.807, 2.05) is 13.0 Å². The maximum absolute atomic E-state index is 11.0. The van der Waals surface area contributed by atoms with E-state index in [-0.39, 0.29) is 5.57 Å². The molecule has 0 aromatic carbocycles. The Hall–Kier alpha value is -1.30. The number of esters is 1. The van der Waals surface area contributed by atoms with E-state index in [4.69, 9.17) is 5.26 Å². The predicted molar refractivity (Wildman–Crippen MR) is 45.2 cm³/mol. The first-order valence-corrected chi connectivity index (χ1v) is 4.03. The number of hydrogen-bond acceptors (Lipinski definition) is 3. The van der Waals surface area contributed by atoms with E-state index in [1.54, 1.807) is 13.0 Å². The van der Waals surface area contributed by atoms with Crippen molar-refractivity contribution in [1.82, 2.24) is 0 Å². The fourth-order valence-corrected chi connectivity index (χ4v) is 0.672. The van der Waals surface area contributed by atoms with Gasteiger partial charge in [0, 0.05) is 0 Å². The van der Waals surface area contributed by atoms with Crippen LogP contribution < -0.4 is 0 Å². The zero-order valence-electron chi connectivity index (χ0n) is 7.46. The molecule has 0 radical (unpaired) electrons. The Morgan fingerprint density at radius 1 is 1.58 bits per heavy atom. The molecule has 0 aromatic rings. The second kappa shape index (κ2) is 6.41. The summed E-state index contributed by atoms with van der Waals surface area (Å²) < 4.78 is 4.66. The SMILES string of the molecule is CCCC=C(C#N)C(=O)OCC. The highest BCUT2D eigenvalue weighted by Crippen LogP contribution is 2.00. The Morgan fingerprint density at radius 2 is 2.25 bits per heavy atom. The summed E-state index contributed by atoms with van der Waals surface area (Å²) in [6.07, 6.45) is 3.27. The lowest BCUT2D eigenvalue weighted by Gasteiger charge is -1.98. The molecule has 0 atom stereocenters. The topological polar surface area (TPSA) is 50.1 Å². The van der Waals surface area contributed by atoms with Crippen LogP contribution in [0, 0.1) is 11.3 Å². The highest BCUT2D eigenvalue weighted by atomic mass is 16.5. The molecule has 0 saturated heterocycles. The van der Waals surface area contributed by atoms with Crippen molar-refractivity contribution in [2.45, 2.75) is 26.7 Å². The number of nitriles is 1. The number of nitrogens with zero attached hydrogens (tertiary/aromatic N) is 1. The molecule has 0 amide bonds. The van der Waals surface area contributed by atoms with Crippen molar-refractivity contribution in [3.63, 3.8) is 0 Å². The van der Waals surface area contributed by atoms with Crippen LogP contribution in [0.5, 0.6) is 0 Å². The van der Waals surface area contributed by atoms with Gasteiger partial charge < -0.3 is 4.74 Å². The molecule has 12 heavy (non-hydrogen) atoms. The van der Waals surface area contributed by atoms with Crippen molar-refractivity contribution in [3.8, 4) is 6.07 Å². The van der Waals surface area contributed by atoms with E-state index < -0.39 is 5.97 Å². The van der Waals surface area contributed by atoms with E-state index >= 15 is 0 Å². The van der Waals surface area contributed by atoms with Crippen molar-refractivity contribution in [2.24, 2.45) is 0 Å². The molecule has 0 aliphatic heterocycles. The molecule has 0 fully saturated rings. The van der Waals surface area contributed by atoms with Gasteiger partial charge in [0.1, 0.15) is 11.6 Å². The molecule has 0 aliphatic carbocycles. The molecular formula is C9H13NO2. The molecular weight excluding hydrogens is 154 g/mol. The first kappa shape index (κ1) is 10.7. The quantitative estimate of drug-likeness (QED) is 0.364. The number of rotatable bonds is 4. The Kier molecular flexibility index (Phi) is 5.72. The van der Waals surface area contributed by atoms with Gasteiger partial charge in [0.2, 0.25) is 0 Å². The van der Waals surface area contributed by atoms with Crippen molar-refractivity contribution in [2.75, 3.05) is 6.61 Å². The molecule has 0 saturated carbocycles. The van der Waals surface area contributed by atoms with E-state index in [0.29, 0.717) is 6.61 Å². The van der Waals surface area contributed by atoms with Gasteiger partial charge in [-0.2, -0.15) is 5.26 Å². The summed E-state index contributed by atoms with van der Waals surface area (Å²) >= 11 is 0. The fraction of sp³-hybridized carbons (Fsp3) is 0.556. The van der Waals surface area contributed by atoms with E-state index in [2.05, 4.69) is 4.74 Å². The van der Waals surface area contributed by atoms with Crippen LogP contribution in [0.1, 0.15) is 26.7 Å². The van der Waals surface area contributed by atoms with Crippen LogP contribution in [0.2, 0.25) is 0 Å². The number of unbranched alkanes of at least 4 members (excludes halogenated alkanes) is 1. The molecule has 0 unspecified atom stereocenters.